The van der Waals surface area contributed by atoms with Gasteiger partial charge in [0.25, 0.3) is 0 Å². The summed E-state index contributed by atoms with van der Waals surface area (Å²) in [5.41, 5.74) is 1.05. The van der Waals surface area contributed by atoms with Gasteiger partial charge in [0, 0.05) is 0 Å². The summed E-state index contributed by atoms with van der Waals surface area (Å²) >= 11 is 0. The summed E-state index contributed by atoms with van der Waals surface area (Å²) in [4.78, 5) is 0. The molecule has 16 heavy (non-hydrogen) atoms. The molecule has 0 aromatic heterocycles. The SMILES string of the molecule is FC1(F)Oc2ccc(CC3CCC3)cc2O1. The minimum absolute atomic E-state index is 0.127. The molecule has 0 atom stereocenters. The van der Waals surface area contributed by atoms with E-state index in [1.54, 1.807) is 12.1 Å². The van der Waals surface area contributed by atoms with Gasteiger partial charge in [-0.2, -0.15) is 0 Å². The van der Waals surface area contributed by atoms with E-state index >= 15 is 0 Å². The summed E-state index contributed by atoms with van der Waals surface area (Å²) in [7, 11) is 0. The van der Waals surface area contributed by atoms with E-state index in [-0.39, 0.29) is 11.5 Å². The van der Waals surface area contributed by atoms with E-state index in [1.807, 2.05) is 6.07 Å². The molecule has 0 spiro atoms. The van der Waals surface area contributed by atoms with Gasteiger partial charge in [-0.3, -0.25) is 0 Å². The second-order valence-electron chi connectivity index (χ2n) is 4.45. The number of hydrogen-bond donors (Lipinski definition) is 0. The Balaban J connectivity index is 1.78. The lowest BCUT2D eigenvalue weighted by atomic mass is 9.81. The molecule has 1 aromatic rings. The number of halogens is 2. The molecule has 1 aromatic carbocycles. The highest BCUT2D eigenvalue weighted by Crippen LogP contribution is 2.42. The highest BCUT2D eigenvalue weighted by molar-refractivity contribution is 5.45. The fourth-order valence-electron chi connectivity index (χ4n) is 2.15. The molecule has 1 heterocycles. The second-order valence-corrected chi connectivity index (χ2v) is 4.45. The van der Waals surface area contributed by atoms with Crippen molar-refractivity contribution in [3.63, 3.8) is 0 Å². The van der Waals surface area contributed by atoms with E-state index in [9.17, 15) is 8.78 Å². The topological polar surface area (TPSA) is 18.5 Å². The van der Waals surface area contributed by atoms with Crippen LogP contribution in [0.5, 0.6) is 11.5 Å². The predicted octanol–water partition coefficient (Wildman–Crippen LogP) is 3.35. The molecule has 0 amide bonds. The molecular formula is C12H12F2O2. The van der Waals surface area contributed by atoms with Crippen LogP contribution in [0.4, 0.5) is 8.78 Å². The summed E-state index contributed by atoms with van der Waals surface area (Å²) in [5, 5.41) is 0. The predicted molar refractivity (Wildman–Crippen MR) is 53.7 cm³/mol. The molecule has 2 aliphatic rings. The first-order chi connectivity index (χ1) is 7.62. The van der Waals surface area contributed by atoms with Crippen LogP contribution in [0.3, 0.4) is 0 Å². The summed E-state index contributed by atoms with van der Waals surface area (Å²) < 4.78 is 34.3. The number of hydrogen-bond acceptors (Lipinski definition) is 2. The summed E-state index contributed by atoms with van der Waals surface area (Å²) in [6.07, 6.45) is 1.21. The smallest absolute Gasteiger partial charge is 0.395 e. The van der Waals surface area contributed by atoms with Crippen LogP contribution in [-0.2, 0) is 6.42 Å². The van der Waals surface area contributed by atoms with Gasteiger partial charge >= 0.3 is 6.29 Å². The van der Waals surface area contributed by atoms with E-state index in [4.69, 9.17) is 0 Å². The van der Waals surface area contributed by atoms with Crippen LogP contribution < -0.4 is 9.47 Å². The number of ether oxygens (including phenoxy) is 2. The molecule has 0 bridgehead atoms. The second kappa shape index (κ2) is 3.34. The number of fused-ring (bicyclic) bond motifs is 1. The van der Waals surface area contributed by atoms with E-state index in [2.05, 4.69) is 9.47 Å². The quantitative estimate of drug-likeness (QED) is 0.769. The molecule has 0 saturated heterocycles. The van der Waals surface area contributed by atoms with Crippen molar-refractivity contribution in [1.82, 2.24) is 0 Å². The third-order valence-electron chi connectivity index (χ3n) is 3.21. The van der Waals surface area contributed by atoms with Crippen molar-refractivity contribution in [3.8, 4) is 11.5 Å². The number of benzene rings is 1. The molecular weight excluding hydrogens is 214 g/mol. The molecule has 0 radical (unpaired) electrons. The molecule has 86 valence electrons. The van der Waals surface area contributed by atoms with Crippen LogP contribution in [0.1, 0.15) is 24.8 Å². The Morgan fingerprint density at radius 2 is 1.94 bits per heavy atom. The Morgan fingerprint density at radius 1 is 1.19 bits per heavy atom. The Bertz CT molecular complexity index is 413. The zero-order valence-corrected chi connectivity index (χ0v) is 8.71. The molecule has 1 saturated carbocycles. The van der Waals surface area contributed by atoms with Gasteiger partial charge in [-0.1, -0.05) is 25.3 Å². The fourth-order valence-corrected chi connectivity index (χ4v) is 2.15. The van der Waals surface area contributed by atoms with Crippen molar-refractivity contribution in [3.05, 3.63) is 23.8 Å². The first kappa shape index (κ1) is 9.87. The lowest BCUT2D eigenvalue weighted by molar-refractivity contribution is -0.286. The van der Waals surface area contributed by atoms with Crippen LogP contribution in [0.2, 0.25) is 0 Å². The van der Waals surface area contributed by atoms with Crippen molar-refractivity contribution in [2.75, 3.05) is 0 Å². The fraction of sp³-hybridized carbons (Fsp3) is 0.500. The third kappa shape index (κ3) is 1.72. The van der Waals surface area contributed by atoms with Crippen LogP contribution in [0.15, 0.2) is 18.2 Å². The summed E-state index contributed by atoms with van der Waals surface area (Å²) in [5.74, 6) is 0.991. The maximum absolute atomic E-state index is 12.8. The lowest BCUT2D eigenvalue weighted by Crippen LogP contribution is -2.25. The third-order valence-corrected chi connectivity index (χ3v) is 3.21. The molecule has 2 nitrogen and oxygen atoms in total. The highest BCUT2D eigenvalue weighted by Gasteiger charge is 2.43. The zero-order chi connectivity index (χ0) is 11.2. The van der Waals surface area contributed by atoms with Crippen molar-refractivity contribution in [2.45, 2.75) is 32.0 Å². The van der Waals surface area contributed by atoms with Gasteiger partial charge in [-0.05, 0) is 30.0 Å². The molecule has 4 heteroatoms. The average Bonchev–Trinajstić information content (AvgIpc) is 2.44. The first-order valence-corrected chi connectivity index (χ1v) is 5.51. The van der Waals surface area contributed by atoms with Gasteiger partial charge in [0.05, 0.1) is 0 Å². The summed E-state index contributed by atoms with van der Waals surface area (Å²) in [6, 6.07) is 5.06. The van der Waals surface area contributed by atoms with Gasteiger partial charge in [0.15, 0.2) is 11.5 Å². The monoisotopic (exact) mass is 226 g/mol. The van der Waals surface area contributed by atoms with E-state index in [1.165, 1.54) is 19.3 Å². The molecule has 1 aliphatic carbocycles. The largest absolute Gasteiger partial charge is 0.586 e. The Morgan fingerprint density at radius 3 is 2.62 bits per heavy atom. The highest BCUT2D eigenvalue weighted by atomic mass is 19.3. The van der Waals surface area contributed by atoms with E-state index in [0.29, 0.717) is 5.92 Å². The van der Waals surface area contributed by atoms with Crippen molar-refractivity contribution >= 4 is 0 Å². The molecule has 0 N–H and O–H groups in total. The Labute approximate surface area is 92.2 Å². The Kier molecular flexibility index (Phi) is 2.06. The van der Waals surface area contributed by atoms with Crippen LogP contribution in [0.25, 0.3) is 0 Å². The number of alkyl halides is 2. The normalized spacial score (nSPS) is 21.9. The molecule has 0 unspecified atom stereocenters. The van der Waals surface area contributed by atoms with Crippen LogP contribution >= 0.6 is 0 Å². The standard InChI is InChI=1S/C12H12F2O2/c13-12(14)15-10-5-4-9(7-11(10)16-12)6-8-2-1-3-8/h4-5,7-8H,1-3,6H2. The minimum atomic E-state index is -3.50. The first-order valence-electron chi connectivity index (χ1n) is 5.51. The Hall–Kier alpha value is -1.32. The average molecular weight is 226 g/mol. The molecule has 1 fully saturated rings. The molecule has 1 aliphatic heterocycles. The summed E-state index contributed by atoms with van der Waals surface area (Å²) in [6.45, 7) is 0. The maximum atomic E-state index is 12.8. The van der Waals surface area contributed by atoms with Crippen molar-refractivity contribution in [1.29, 1.82) is 0 Å². The van der Waals surface area contributed by atoms with E-state index in [0.717, 1.165) is 12.0 Å². The zero-order valence-electron chi connectivity index (χ0n) is 8.71. The van der Waals surface area contributed by atoms with Gasteiger partial charge in [-0.25, -0.2) is 0 Å². The van der Waals surface area contributed by atoms with Crippen molar-refractivity contribution in [2.24, 2.45) is 5.92 Å². The minimum Gasteiger partial charge on any atom is -0.395 e. The lowest BCUT2D eigenvalue weighted by Gasteiger charge is -2.25. The van der Waals surface area contributed by atoms with Crippen LogP contribution in [-0.4, -0.2) is 6.29 Å². The van der Waals surface area contributed by atoms with E-state index < -0.39 is 6.29 Å². The molecule has 3 rings (SSSR count). The van der Waals surface area contributed by atoms with Crippen molar-refractivity contribution < 1.29 is 18.3 Å². The maximum Gasteiger partial charge on any atom is 0.586 e. The van der Waals surface area contributed by atoms with Gasteiger partial charge in [0.2, 0.25) is 0 Å². The van der Waals surface area contributed by atoms with Gasteiger partial charge in [-0.15, -0.1) is 8.78 Å². The van der Waals surface area contributed by atoms with Gasteiger partial charge < -0.3 is 9.47 Å². The van der Waals surface area contributed by atoms with Gasteiger partial charge in [0.1, 0.15) is 0 Å². The number of rotatable bonds is 2. The van der Waals surface area contributed by atoms with Crippen LogP contribution in [0, 0.1) is 5.92 Å².